The van der Waals surface area contributed by atoms with E-state index < -0.39 is 0 Å². The van der Waals surface area contributed by atoms with Crippen molar-refractivity contribution in [3.05, 3.63) is 53.3 Å². The number of aryl methyl sites for hydroxylation is 1. The van der Waals surface area contributed by atoms with E-state index in [1.165, 1.54) is 5.56 Å². The number of nitrogens with zero attached hydrogens (tertiary/aromatic N) is 1. The Kier molecular flexibility index (Phi) is 5.01. The molecule has 124 valence electrons. The maximum atomic E-state index is 12.2. The molecule has 0 saturated heterocycles. The summed E-state index contributed by atoms with van der Waals surface area (Å²) in [5.74, 6) is 0.788. The number of hydrogen-bond acceptors (Lipinski definition) is 3. The number of benzene rings is 2. The predicted octanol–water partition coefficient (Wildman–Crippen LogP) is 4.19. The number of nitrogens with one attached hydrogen (secondary N) is 2. The van der Waals surface area contributed by atoms with E-state index in [1.807, 2.05) is 24.3 Å². The Labute approximate surface area is 145 Å². The smallest absolute Gasteiger partial charge is 0.224 e. The summed E-state index contributed by atoms with van der Waals surface area (Å²) < 4.78 is 5.13. The van der Waals surface area contributed by atoms with Crippen molar-refractivity contribution >= 4 is 34.2 Å². The van der Waals surface area contributed by atoms with Gasteiger partial charge in [0.2, 0.25) is 5.91 Å². The average molecular weight is 344 g/mol. The fourth-order valence-corrected chi connectivity index (χ4v) is 2.79. The van der Waals surface area contributed by atoms with Crippen LogP contribution in [0.2, 0.25) is 5.02 Å². The van der Waals surface area contributed by atoms with Crippen LogP contribution in [0.5, 0.6) is 5.75 Å². The highest BCUT2D eigenvalue weighted by atomic mass is 35.5. The second-order valence-corrected chi connectivity index (χ2v) is 5.94. The number of aromatic amines is 1. The van der Waals surface area contributed by atoms with Crippen LogP contribution in [0.15, 0.2) is 42.7 Å². The van der Waals surface area contributed by atoms with Gasteiger partial charge in [-0.25, -0.2) is 4.98 Å². The lowest BCUT2D eigenvalue weighted by atomic mass is 10.1. The number of H-pyrrole nitrogens is 1. The van der Waals surface area contributed by atoms with Crippen LogP contribution in [0.3, 0.4) is 0 Å². The van der Waals surface area contributed by atoms with Gasteiger partial charge in [-0.15, -0.1) is 0 Å². The fourth-order valence-electron chi connectivity index (χ4n) is 2.57. The molecule has 0 unspecified atom stereocenters. The fraction of sp³-hybridized carbons (Fsp3) is 0.222. The maximum absolute atomic E-state index is 12.2. The summed E-state index contributed by atoms with van der Waals surface area (Å²) in [5, 5.41) is 3.45. The van der Waals surface area contributed by atoms with Gasteiger partial charge in [0.25, 0.3) is 0 Å². The Morgan fingerprint density at radius 2 is 2.08 bits per heavy atom. The zero-order valence-corrected chi connectivity index (χ0v) is 14.1. The molecule has 1 amide bonds. The summed E-state index contributed by atoms with van der Waals surface area (Å²) in [6.45, 7) is 0. The summed E-state index contributed by atoms with van der Waals surface area (Å²) >= 11 is 6.06. The van der Waals surface area contributed by atoms with Crippen molar-refractivity contribution in [1.82, 2.24) is 9.97 Å². The third-order valence-electron chi connectivity index (χ3n) is 3.79. The van der Waals surface area contributed by atoms with Crippen molar-refractivity contribution in [2.45, 2.75) is 19.3 Å². The molecule has 0 aliphatic carbocycles. The molecule has 0 aliphatic rings. The third-order valence-corrected chi connectivity index (χ3v) is 4.01. The van der Waals surface area contributed by atoms with E-state index in [0.29, 0.717) is 22.6 Å². The zero-order valence-electron chi connectivity index (χ0n) is 13.3. The minimum atomic E-state index is -0.0462. The van der Waals surface area contributed by atoms with Gasteiger partial charge in [0.1, 0.15) is 11.3 Å². The lowest BCUT2D eigenvalue weighted by molar-refractivity contribution is -0.116. The number of carbonyl (C=O) groups is 1. The normalized spacial score (nSPS) is 10.8. The molecular formula is C18H18ClN3O2. The van der Waals surface area contributed by atoms with Gasteiger partial charge in [-0.1, -0.05) is 23.7 Å². The Morgan fingerprint density at radius 1 is 1.29 bits per heavy atom. The van der Waals surface area contributed by atoms with Gasteiger partial charge in [0.15, 0.2) is 0 Å². The van der Waals surface area contributed by atoms with Gasteiger partial charge < -0.3 is 15.0 Å². The molecule has 5 nitrogen and oxygen atoms in total. The first kappa shape index (κ1) is 16.3. The summed E-state index contributed by atoms with van der Waals surface area (Å²) in [6.07, 6.45) is 3.62. The Bertz CT molecular complexity index is 843. The molecule has 3 rings (SSSR count). The quantitative estimate of drug-likeness (QED) is 0.705. The van der Waals surface area contributed by atoms with Crippen LogP contribution in [0.4, 0.5) is 5.69 Å². The van der Waals surface area contributed by atoms with Crippen LogP contribution in [-0.2, 0) is 11.2 Å². The lowest BCUT2D eigenvalue weighted by Crippen LogP contribution is -2.12. The minimum Gasteiger partial charge on any atom is -0.497 e. The van der Waals surface area contributed by atoms with Crippen LogP contribution < -0.4 is 10.1 Å². The standard InChI is InChI=1S/C18H18ClN3O2/c1-24-14-7-5-12(6-8-14)3-2-4-17(23)22-16-10-13(19)9-15-18(16)21-11-20-15/h5-11H,2-4H2,1H3,(H,20,21)(H,22,23). The number of anilines is 1. The van der Waals surface area contributed by atoms with E-state index >= 15 is 0 Å². The molecule has 2 aromatic carbocycles. The molecule has 2 N–H and O–H groups in total. The van der Waals surface area contributed by atoms with Gasteiger partial charge in [-0.2, -0.15) is 0 Å². The molecule has 0 spiro atoms. The number of amides is 1. The van der Waals surface area contributed by atoms with Crippen LogP contribution in [0.25, 0.3) is 11.0 Å². The molecule has 0 fully saturated rings. The molecule has 3 aromatic rings. The number of methoxy groups -OCH3 is 1. The largest absolute Gasteiger partial charge is 0.497 e. The van der Waals surface area contributed by atoms with E-state index in [0.717, 1.165) is 24.1 Å². The molecule has 6 heteroatoms. The zero-order chi connectivity index (χ0) is 16.9. The van der Waals surface area contributed by atoms with E-state index in [1.54, 1.807) is 25.6 Å². The van der Waals surface area contributed by atoms with Crippen molar-refractivity contribution < 1.29 is 9.53 Å². The van der Waals surface area contributed by atoms with Crippen molar-refractivity contribution in [1.29, 1.82) is 0 Å². The van der Waals surface area contributed by atoms with Crippen molar-refractivity contribution in [3.8, 4) is 5.75 Å². The molecule has 0 aliphatic heterocycles. The Hall–Kier alpha value is -2.53. The van der Waals surface area contributed by atoms with Crippen LogP contribution in [-0.4, -0.2) is 23.0 Å². The molecule has 1 heterocycles. The van der Waals surface area contributed by atoms with Crippen molar-refractivity contribution in [2.75, 3.05) is 12.4 Å². The Morgan fingerprint density at radius 3 is 2.83 bits per heavy atom. The average Bonchev–Trinajstić information content (AvgIpc) is 3.04. The third kappa shape index (κ3) is 3.86. The number of fused-ring (bicyclic) bond motifs is 1. The number of carbonyl (C=O) groups excluding carboxylic acids is 1. The molecule has 0 radical (unpaired) electrons. The summed E-state index contributed by atoms with van der Waals surface area (Å²) in [4.78, 5) is 19.4. The monoisotopic (exact) mass is 343 g/mol. The number of hydrogen-bond donors (Lipinski definition) is 2. The molecule has 0 atom stereocenters. The first-order chi connectivity index (χ1) is 11.7. The molecule has 0 bridgehead atoms. The van der Waals surface area contributed by atoms with Crippen LogP contribution in [0, 0.1) is 0 Å². The van der Waals surface area contributed by atoms with Crippen LogP contribution >= 0.6 is 11.6 Å². The summed E-state index contributed by atoms with van der Waals surface area (Å²) in [7, 11) is 1.64. The molecule has 0 saturated carbocycles. The minimum absolute atomic E-state index is 0.0462. The topological polar surface area (TPSA) is 67.0 Å². The highest BCUT2D eigenvalue weighted by Crippen LogP contribution is 2.25. The second-order valence-electron chi connectivity index (χ2n) is 5.50. The van der Waals surface area contributed by atoms with E-state index in [9.17, 15) is 4.79 Å². The number of halogens is 1. The number of rotatable bonds is 6. The molecule has 24 heavy (non-hydrogen) atoms. The van der Waals surface area contributed by atoms with Gasteiger partial charge in [0, 0.05) is 11.4 Å². The highest BCUT2D eigenvalue weighted by molar-refractivity contribution is 6.31. The molecule has 1 aromatic heterocycles. The number of aromatic nitrogens is 2. The maximum Gasteiger partial charge on any atom is 0.224 e. The van der Waals surface area contributed by atoms with Crippen molar-refractivity contribution in [2.24, 2.45) is 0 Å². The first-order valence-corrected chi connectivity index (χ1v) is 8.09. The number of imidazole rings is 1. The van der Waals surface area contributed by atoms with Gasteiger partial charge in [-0.05, 0) is 42.7 Å². The van der Waals surface area contributed by atoms with Gasteiger partial charge >= 0.3 is 0 Å². The predicted molar refractivity (Wildman–Crippen MR) is 95.7 cm³/mol. The van der Waals surface area contributed by atoms with Gasteiger partial charge in [-0.3, -0.25) is 4.79 Å². The molecular weight excluding hydrogens is 326 g/mol. The van der Waals surface area contributed by atoms with E-state index in [2.05, 4.69) is 15.3 Å². The second kappa shape index (κ2) is 7.36. The first-order valence-electron chi connectivity index (χ1n) is 7.71. The lowest BCUT2D eigenvalue weighted by Gasteiger charge is -2.07. The van der Waals surface area contributed by atoms with Crippen LogP contribution in [0.1, 0.15) is 18.4 Å². The highest BCUT2D eigenvalue weighted by Gasteiger charge is 2.09. The van der Waals surface area contributed by atoms with E-state index in [-0.39, 0.29) is 5.91 Å². The van der Waals surface area contributed by atoms with E-state index in [4.69, 9.17) is 16.3 Å². The summed E-state index contributed by atoms with van der Waals surface area (Å²) in [5.41, 5.74) is 3.33. The SMILES string of the molecule is COc1ccc(CCCC(=O)Nc2cc(Cl)cc3[nH]cnc23)cc1. The summed E-state index contributed by atoms with van der Waals surface area (Å²) in [6, 6.07) is 11.4. The Balaban J connectivity index is 1.56. The van der Waals surface area contributed by atoms with Gasteiger partial charge in [0.05, 0.1) is 24.6 Å². The number of ether oxygens (including phenoxy) is 1. The van der Waals surface area contributed by atoms with Crippen molar-refractivity contribution in [3.63, 3.8) is 0 Å².